The van der Waals surface area contributed by atoms with Gasteiger partial charge in [-0.1, -0.05) is 12.1 Å². The molecule has 0 saturated carbocycles. The number of aromatic nitrogens is 1. The van der Waals surface area contributed by atoms with Crippen LogP contribution in [-0.4, -0.2) is 24.5 Å². The van der Waals surface area contributed by atoms with E-state index in [1.165, 1.54) is 7.11 Å². The minimum absolute atomic E-state index is 0.0879. The molecule has 1 heterocycles. The number of ketones is 1. The summed E-state index contributed by atoms with van der Waals surface area (Å²) in [6.45, 7) is 2.32. The fourth-order valence-corrected chi connectivity index (χ4v) is 1.85. The summed E-state index contributed by atoms with van der Waals surface area (Å²) in [4.78, 5) is 16.1. The van der Waals surface area contributed by atoms with Crippen LogP contribution in [0.25, 0.3) is 0 Å². The van der Waals surface area contributed by atoms with Crippen LogP contribution < -0.4 is 9.47 Å². The predicted molar refractivity (Wildman–Crippen MR) is 76.4 cm³/mol. The normalized spacial score (nSPS) is 10.1. The number of carbonyl (C=O) groups excluding carboxylic acids is 1. The molecule has 20 heavy (non-hydrogen) atoms. The highest BCUT2D eigenvalue weighted by Gasteiger charge is 2.13. The molecule has 0 radical (unpaired) electrons. The molecule has 0 spiro atoms. The molecule has 104 valence electrons. The maximum Gasteiger partial charge on any atom is 0.188 e. The van der Waals surface area contributed by atoms with Crippen molar-refractivity contribution in [2.24, 2.45) is 0 Å². The molecule has 0 bridgehead atoms. The molecule has 0 amide bonds. The van der Waals surface area contributed by atoms with Crippen LogP contribution in [0.2, 0.25) is 0 Å². The van der Waals surface area contributed by atoms with Crippen molar-refractivity contribution in [2.75, 3.05) is 13.7 Å². The van der Waals surface area contributed by atoms with Crippen LogP contribution in [0.15, 0.2) is 42.6 Å². The van der Waals surface area contributed by atoms with Gasteiger partial charge in [-0.3, -0.25) is 4.79 Å². The molecule has 1 aromatic carbocycles. The van der Waals surface area contributed by atoms with Crippen molar-refractivity contribution in [3.8, 4) is 11.5 Å². The summed E-state index contributed by atoms with van der Waals surface area (Å²) in [5, 5.41) is 0. The second-order valence-corrected chi connectivity index (χ2v) is 4.39. The third-order valence-electron chi connectivity index (χ3n) is 2.84. The fraction of sp³-hybridized carbons (Fsp3) is 0.250. The van der Waals surface area contributed by atoms with Crippen molar-refractivity contribution >= 4 is 5.78 Å². The van der Waals surface area contributed by atoms with Crippen LogP contribution in [0, 0.1) is 6.92 Å². The first kappa shape index (κ1) is 14.1. The second-order valence-electron chi connectivity index (χ2n) is 4.39. The van der Waals surface area contributed by atoms with Gasteiger partial charge in [0.15, 0.2) is 5.78 Å². The monoisotopic (exact) mass is 271 g/mol. The second kappa shape index (κ2) is 6.70. The molecular weight excluding hydrogens is 254 g/mol. The zero-order chi connectivity index (χ0) is 14.4. The maximum atomic E-state index is 12.1. The van der Waals surface area contributed by atoms with Crippen LogP contribution in [0.3, 0.4) is 0 Å². The number of hydrogen-bond acceptors (Lipinski definition) is 4. The summed E-state index contributed by atoms with van der Waals surface area (Å²) >= 11 is 0. The van der Waals surface area contributed by atoms with Gasteiger partial charge in [0.05, 0.1) is 13.7 Å². The minimum Gasteiger partial charge on any atom is -0.494 e. The van der Waals surface area contributed by atoms with E-state index in [2.05, 4.69) is 4.98 Å². The van der Waals surface area contributed by atoms with E-state index in [0.717, 1.165) is 11.3 Å². The van der Waals surface area contributed by atoms with E-state index in [-0.39, 0.29) is 12.2 Å². The Morgan fingerprint density at radius 1 is 1.25 bits per heavy atom. The van der Waals surface area contributed by atoms with Gasteiger partial charge in [0.1, 0.15) is 17.2 Å². The van der Waals surface area contributed by atoms with Crippen LogP contribution >= 0.6 is 0 Å². The van der Waals surface area contributed by atoms with Gasteiger partial charge in [0.2, 0.25) is 0 Å². The van der Waals surface area contributed by atoms with Gasteiger partial charge in [-0.15, -0.1) is 0 Å². The Kier molecular flexibility index (Phi) is 4.71. The zero-order valence-corrected chi connectivity index (χ0v) is 11.6. The first-order valence-corrected chi connectivity index (χ1v) is 6.42. The van der Waals surface area contributed by atoms with Crippen molar-refractivity contribution in [1.29, 1.82) is 0 Å². The Morgan fingerprint density at radius 3 is 2.85 bits per heavy atom. The molecule has 0 aliphatic rings. The number of methoxy groups -OCH3 is 1. The molecule has 0 fully saturated rings. The van der Waals surface area contributed by atoms with Crippen molar-refractivity contribution < 1.29 is 14.3 Å². The van der Waals surface area contributed by atoms with Crippen molar-refractivity contribution in [1.82, 2.24) is 4.98 Å². The van der Waals surface area contributed by atoms with Crippen molar-refractivity contribution in [3.05, 3.63) is 53.9 Å². The molecule has 0 atom stereocenters. The Hall–Kier alpha value is -2.36. The number of nitrogens with zero attached hydrogens (tertiary/aromatic N) is 1. The maximum absolute atomic E-state index is 12.1. The van der Waals surface area contributed by atoms with Gasteiger partial charge >= 0.3 is 0 Å². The number of carbonyl (C=O) groups is 1. The first-order chi connectivity index (χ1) is 9.70. The summed E-state index contributed by atoms with van der Waals surface area (Å²) in [6.07, 6.45) is 1.85. The van der Waals surface area contributed by atoms with Gasteiger partial charge < -0.3 is 9.47 Å². The summed E-state index contributed by atoms with van der Waals surface area (Å²) in [6, 6.07) is 11.2. The molecule has 0 aliphatic heterocycles. The smallest absolute Gasteiger partial charge is 0.188 e. The first-order valence-electron chi connectivity index (χ1n) is 6.42. The number of ether oxygens (including phenoxy) is 2. The lowest BCUT2D eigenvalue weighted by Gasteiger charge is -2.08. The van der Waals surface area contributed by atoms with Crippen molar-refractivity contribution in [2.45, 2.75) is 13.3 Å². The minimum atomic E-state index is -0.0879. The standard InChI is InChI=1S/C16H17NO3/c1-12-5-3-6-13(11-12)20-10-8-14(18)16-15(19-2)7-4-9-17-16/h3-7,9,11H,8,10H2,1-2H3. The average molecular weight is 271 g/mol. The molecule has 1 aromatic heterocycles. The number of benzene rings is 1. The largest absolute Gasteiger partial charge is 0.494 e. The van der Waals surface area contributed by atoms with E-state index in [4.69, 9.17) is 9.47 Å². The molecule has 0 unspecified atom stereocenters. The summed E-state index contributed by atoms with van der Waals surface area (Å²) < 4.78 is 10.7. The van der Waals surface area contributed by atoms with Gasteiger partial charge in [0.25, 0.3) is 0 Å². The van der Waals surface area contributed by atoms with Crippen LogP contribution in [0.5, 0.6) is 11.5 Å². The van der Waals surface area contributed by atoms with E-state index in [1.54, 1.807) is 18.3 Å². The van der Waals surface area contributed by atoms with Gasteiger partial charge in [-0.25, -0.2) is 4.98 Å². The quantitative estimate of drug-likeness (QED) is 0.758. The van der Waals surface area contributed by atoms with E-state index >= 15 is 0 Å². The highest BCUT2D eigenvalue weighted by molar-refractivity contribution is 5.96. The molecule has 2 rings (SSSR count). The third kappa shape index (κ3) is 3.57. The summed E-state index contributed by atoms with van der Waals surface area (Å²) in [7, 11) is 1.52. The fourth-order valence-electron chi connectivity index (χ4n) is 1.85. The molecule has 4 heteroatoms. The predicted octanol–water partition coefficient (Wildman–Crippen LogP) is 3.05. The molecule has 0 aliphatic carbocycles. The highest BCUT2D eigenvalue weighted by Crippen LogP contribution is 2.17. The average Bonchev–Trinajstić information content (AvgIpc) is 2.47. The van der Waals surface area contributed by atoms with Gasteiger partial charge in [-0.2, -0.15) is 0 Å². The number of Topliss-reactive ketones (excluding diaryl/α,β-unsaturated/α-hetero) is 1. The topological polar surface area (TPSA) is 48.4 Å². The van der Waals surface area contributed by atoms with E-state index in [0.29, 0.717) is 18.1 Å². The number of aryl methyl sites for hydroxylation is 1. The van der Waals surface area contributed by atoms with Crippen LogP contribution in [-0.2, 0) is 0 Å². The summed E-state index contributed by atoms with van der Waals surface area (Å²) in [5.74, 6) is 1.17. The molecule has 2 aromatic rings. The van der Waals surface area contributed by atoms with Gasteiger partial charge in [-0.05, 0) is 36.8 Å². The van der Waals surface area contributed by atoms with Crippen LogP contribution in [0.1, 0.15) is 22.5 Å². The van der Waals surface area contributed by atoms with E-state index < -0.39 is 0 Å². The molecule has 4 nitrogen and oxygen atoms in total. The Labute approximate surface area is 118 Å². The molecular formula is C16H17NO3. The number of pyridine rings is 1. The molecule has 0 N–H and O–H groups in total. The lowest BCUT2D eigenvalue weighted by Crippen LogP contribution is -2.09. The third-order valence-corrected chi connectivity index (χ3v) is 2.84. The number of hydrogen-bond donors (Lipinski definition) is 0. The van der Waals surface area contributed by atoms with E-state index in [9.17, 15) is 4.79 Å². The summed E-state index contributed by atoms with van der Waals surface area (Å²) in [5.41, 5.74) is 1.48. The Morgan fingerprint density at radius 2 is 2.10 bits per heavy atom. The van der Waals surface area contributed by atoms with Crippen molar-refractivity contribution in [3.63, 3.8) is 0 Å². The highest BCUT2D eigenvalue weighted by atomic mass is 16.5. The number of rotatable bonds is 6. The van der Waals surface area contributed by atoms with Crippen LogP contribution in [0.4, 0.5) is 0 Å². The Bertz CT molecular complexity index is 596. The zero-order valence-electron chi connectivity index (χ0n) is 11.6. The Balaban J connectivity index is 1.92. The lowest BCUT2D eigenvalue weighted by molar-refractivity contribution is 0.0954. The van der Waals surface area contributed by atoms with Gasteiger partial charge in [0, 0.05) is 12.6 Å². The SMILES string of the molecule is COc1cccnc1C(=O)CCOc1cccc(C)c1. The van der Waals surface area contributed by atoms with E-state index in [1.807, 2.05) is 31.2 Å². The molecule has 0 saturated heterocycles. The lowest BCUT2D eigenvalue weighted by atomic mass is 10.2.